The first-order valence-corrected chi connectivity index (χ1v) is 15.3. The molecule has 1 heterocycles. The van der Waals surface area contributed by atoms with Gasteiger partial charge in [0, 0.05) is 34.2 Å². The van der Waals surface area contributed by atoms with Crippen LogP contribution in [0.15, 0.2) is 63.8 Å². The molecule has 2 aromatic rings. The number of alkyl halides is 1. The van der Waals surface area contributed by atoms with Gasteiger partial charge in [-0.3, -0.25) is 28.8 Å². The van der Waals surface area contributed by atoms with Crippen molar-refractivity contribution in [1.82, 2.24) is 16.0 Å². The van der Waals surface area contributed by atoms with E-state index in [1.165, 1.54) is 61.5 Å². The van der Waals surface area contributed by atoms with Gasteiger partial charge in [-0.2, -0.15) is 0 Å². The van der Waals surface area contributed by atoms with Crippen LogP contribution in [0.4, 0.5) is 4.39 Å². The van der Waals surface area contributed by atoms with Crippen molar-refractivity contribution in [2.75, 3.05) is 13.8 Å². The molecule has 0 unspecified atom stereocenters. The van der Waals surface area contributed by atoms with E-state index < -0.39 is 72.6 Å². The number of carboxylic acids is 1. The molecule has 2 aliphatic rings. The van der Waals surface area contributed by atoms with Gasteiger partial charge in [-0.05, 0) is 60.9 Å². The number of ether oxygens (including phenoxy) is 1. The lowest BCUT2D eigenvalue weighted by Crippen LogP contribution is -2.56. The highest BCUT2D eigenvalue weighted by Crippen LogP contribution is 2.42. The fraction of sp³-hybridized carbons (Fsp3) is 0.286. The zero-order chi connectivity index (χ0) is 36.9. The third-order valence-corrected chi connectivity index (χ3v) is 7.88. The van der Waals surface area contributed by atoms with Gasteiger partial charge in [-0.25, -0.2) is 9.18 Å². The van der Waals surface area contributed by atoms with Crippen molar-refractivity contribution in [3.05, 3.63) is 75.9 Å². The van der Waals surface area contributed by atoms with Gasteiger partial charge in [0.2, 0.25) is 11.8 Å². The van der Waals surface area contributed by atoms with Gasteiger partial charge in [0.1, 0.15) is 41.9 Å². The smallest absolute Gasteiger partial charge is 0.336 e. The van der Waals surface area contributed by atoms with Crippen LogP contribution in [0, 0.1) is 5.92 Å². The summed E-state index contributed by atoms with van der Waals surface area (Å²) >= 11 is 0. The molecule has 0 saturated carbocycles. The number of nitrogens with one attached hydrogen (secondary N) is 3. The quantitative estimate of drug-likeness (QED) is 0.101. The number of hydrogen-bond donors (Lipinski definition) is 5. The molecule has 0 aromatic heterocycles. The number of halogens is 1. The Bertz CT molecular complexity index is 2020. The molecule has 2 aromatic carbocycles. The van der Waals surface area contributed by atoms with Crippen molar-refractivity contribution in [1.29, 1.82) is 0 Å². The maximum absolute atomic E-state index is 13.6. The van der Waals surface area contributed by atoms with Crippen molar-refractivity contribution in [2.24, 2.45) is 5.92 Å². The first-order valence-electron chi connectivity index (χ1n) is 15.3. The second-order valence-corrected chi connectivity index (χ2v) is 11.7. The number of phenolic OH excluding ortho intramolecular Hbond substituents is 1. The Morgan fingerprint density at radius 1 is 0.880 bits per heavy atom. The number of methoxy groups -OCH3 is 1. The largest absolute Gasteiger partial charge is 0.508 e. The highest BCUT2D eigenvalue weighted by molar-refractivity contribution is 6.09. The number of amides is 3. The minimum absolute atomic E-state index is 0.0362. The molecule has 1 aliphatic heterocycles. The molecule has 0 saturated heterocycles. The number of carbonyl (C=O) groups excluding carboxylic acids is 5. The summed E-state index contributed by atoms with van der Waals surface area (Å²) in [5.41, 5.74) is 0.289. The van der Waals surface area contributed by atoms with E-state index in [-0.39, 0.29) is 39.2 Å². The first kappa shape index (κ1) is 36.7. The third-order valence-electron chi connectivity index (χ3n) is 7.88. The monoisotopic (exact) mass is 691 g/mol. The SMILES string of the molecule is COC(=O)C[C@H](NC(=O)[C@H](C)NC(=O)[C@@H](NC(=O)c1ccc(C(=O)O)c(-c2c3ccc(=O)cc-3oc3cc(O)ccc23)c1)C(C)C)C(=O)CF. The van der Waals surface area contributed by atoms with E-state index in [1.807, 2.05) is 0 Å². The number of rotatable bonds is 13. The van der Waals surface area contributed by atoms with Gasteiger partial charge < -0.3 is 35.3 Å². The normalized spacial score (nSPS) is 12.9. The highest BCUT2D eigenvalue weighted by Gasteiger charge is 2.31. The van der Waals surface area contributed by atoms with Crippen molar-refractivity contribution >= 4 is 46.4 Å². The van der Waals surface area contributed by atoms with Crippen LogP contribution in [0.5, 0.6) is 5.75 Å². The second kappa shape index (κ2) is 15.4. The lowest BCUT2D eigenvalue weighted by molar-refractivity contribution is -0.143. The lowest BCUT2D eigenvalue weighted by Gasteiger charge is -2.25. The predicted molar refractivity (Wildman–Crippen MR) is 176 cm³/mol. The van der Waals surface area contributed by atoms with Crippen molar-refractivity contribution in [3.63, 3.8) is 0 Å². The molecule has 0 spiro atoms. The number of ketones is 1. The average Bonchev–Trinajstić information content (AvgIpc) is 3.07. The summed E-state index contributed by atoms with van der Waals surface area (Å²) < 4.78 is 23.4. The van der Waals surface area contributed by atoms with Gasteiger partial charge in [0.25, 0.3) is 5.91 Å². The molecule has 3 amide bonds. The highest BCUT2D eigenvalue weighted by atomic mass is 19.1. The number of phenols is 1. The Balaban J connectivity index is 1.65. The number of fused-ring (bicyclic) bond motifs is 2. The summed E-state index contributed by atoms with van der Waals surface area (Å²) in [4.78, 5) is 87.8. The molecule has 262 valence electrons. The lowest BCUT2D eigenvalue weighted by atomic mass is 9.89. The maximum atomic E-state index is 13.6. The number of aromatic carboxylic acids is 1. The van der Waals surface area contributed by atoms with Gasteiger partial charge in [-0.15, -0.1) is 0 Å². The number of benzene rings is 3. The number of carbonyl (C=O) groups is 6. The molecule has 0 bridgehead atoms. The number of carboxylic acid groups (broad SMARTS) is 1. The molecule has 5 N–H and O–H groups in total. The Hall–Kier alpha value is -6.12. The third kappa shape index (κ3) is 8.11. The molecule has 50 heavy (non-hydrogen) atoms. The molecular weight excluding hydrogens is 657 g/mol. The first-order chi connectivity index (χ1) is 23.6. The summed E-state index contributed by atoms with van der Waals surface area (Å²) in [7, 11) is 1.06. The molecule has 3 atom stereocenters. The minimum Gasteiger partial charge on any atom is -0.508 e. The molecule has 14 nitrogen and oxygen atoms in total. The standard InChI is InChI=1S/C35H34FN3O11/c1-16(2)31(34(46)37-17(3)32(44)38-25(26(42)15-36)14-29(43)49-4)39-33(45)18-5-8-21(35(47)48)24(11-18)30-22-9-6-19(40)12-27(22)50-28-13-20(41)7-10-23(28)30/h5-13,16-17,25,31,40H,14-15H2,1-4H3,(H,37,46)(H,38,44)(H,39,45)(H,47,48)/t17-,25-,31-/m0/s1. The van der Waals surface area contributed by atoms with E-state index in [1.54, 1.807) is 13.8 Å². The second-order valence-electron chi connectivity index (χ2n) is 11.7. The molecule has 15 heteroatoms. The van der Waals surface area contributed by atoms with E-state index in [0.717, 1.165) is 7.11 Å². The van der Waals surface area contributed by atoms with E-state index in [2.05, 4.69) is 20.7 Å². The van der Waals surface area contributed by atoms with Crippen LogP contribution in [-0.2, 0) is 23.9 Å². The van der Waals surface area contributed by atoms with Crippen LogP contribution in [-0.4, -0.2) is 77.6 Å². The summed E-state index contributed by atoms with van der Waals surface area (Å²) in [6.45, 7) is 3.10. The van der Waals surface area contributed by atoms with E-state index in [4.69, 9.17) is 4.42 Å². The topological polar surface area (TPSA) is 218 Å². The fourth-order valence-electron chi connectivity index (χ4n) is 5.24. The fourth-order valence-corrected chi connectivity index (χ4v) is 5.24. The van der Waals surface area contributed by atoms with E-state index >= 15 is 0 Å². The van der Waals surface area contributed by atoms with E-state index in [0.29, 0.717) is 16.5 Å². The van der Waals surface area contributed by atoms with Crippen LogP contribution in [0.3, 0.4) is 0 Å². The minimum atomic E-state index is -1.52. The van der Waals surface area contributed by atoms with Gasteiger partial charge in [0.05, 0.1) is 19.1 Å². The van der Waals surface area contributed by atoms with Crippen molar-refractivity contribution in [3.8, 4) is 28.2 Å². The summed E-state index contributed by atoms with van der Waals surface area (Å²) in [6, 6.07) is 7.91. The molecule has 0 fully saturated rings. The molecular formula is C35H34FN3O11. The summed E-state index contributed by atoms with van der Waals surface area (Å²) in [5, 5.41) is 27.8. The summed E-state index contributed by atoms with van der Waals surface area (Å²) in [6.07, 6.45) is -0.621. The van der Waals surface area contributed by atoms with Crippen LogP contribution >= 0.6 is 0 Å². The van der Waals surface area contributed by atoms with Gasteiger partial charge >= 0.3 is 11.9 Å². The Morgan fingerprint density at radius 3 is 2.24 bits per heavy atom. The predicted octanol–water partition coefficient (Wildman–Crippen LogP) is 2.81. The van der Waals surface area contributed by atoms with Gasteiger partial charge in [0.15, 0.2) is 11.2 Å². The zero-order valence-electron chi connectivity index (χ0n) is 27.4. The van der Waals surface area contributed by atoms with Crippen molar-refractivity contribution < 1.29 is 52.5 Å². The molecule has 0 radical (unpaired) electrons. The molecule has 4 rings (SSSR count). The number of aromatic hydroxyl groups is 1. The van der Waals surface area contributed by atoms with Crippen LogP contribution in [0.2, 0.25) is 0 Å². The molecule has 1 aliphatic carbocycles. The maximum Gasteiger partial charge on any atom is 0.336 e. The number of Topliss-reactive ketones (excluding diaryl/α,β-unsaturated/α-hetero) is 1. The Morgan fingerprint density at radius 2 is 1.60 bits per heavy atom. The number of hydrogen-bond acceptors (Lipinski definition) is 10. The Kier molecular flexibility index (Phi) is 11.3. The van der Waals surface area contributed by atoms with Gasteiger partial charge in [-0.1, -0.05) is 13.8 Å². The van der Waals surface area contributed by atoms with Crippen LogP contribution < -0.4 is 21.4 Å². The summed E-state index contributed by atoms with van der Waals surface area (Å²) in [5.74, 6) is -6.26. The van der Waals surface area contributed by atoms with Crippen LogP contribution in [0.1, 0.15) is 47.9 Å². The van der Waals surface area contributed by atoms with Crippen molar-refractivity contribution in [2.45, 2.75) is 45.3 Å². The average molecular weight is 692 g/mol. The van der Waals surface area contributed by atoms with Crippen LogP contribution in [0.25, 0.3) is 33.4 Å². The Labute approximate surface area is 283 Å². The zero-order valence-corrected chi connectivity index (χ0v) is 27.4. The van der Waals surface area contributed by atoms with E-state index in [9.17, 15) is 48.2 Å². The number of esters is 1.